The van der Waals surface area contributed by atoms with E-state index >= 15 is 0 Å². The first-order chi connectivity index (χ1) is 5.83. The van der Waals surface area contributed by atoms with Gasteiger partial charge in [-0.3, -0.25) is 0 Å². The summed E-state index contributed by atoms with van der Waals surface area (Å²) in [5.41, 5.74) is 0. The summed E-state index contributed by atoms with van der Waals surface area (Å²) in [6.07, 6.45) is 11.8. The summed E-state index contributed by atoms with van der Waals surface area (Å²) >= 11 is 0. The van der Waals surface area contributed by atoms with Crippen LogP contribution in [0.2, 0.25) is 0 Å². The predicted octanol–water partition coefficient (Wildman–Crippen LogP) is 4.39. The van der Waals surface area contributed by atoms with Crippen LogP contribution in [0.25, 0.3) is 0 Å². The Balaban J connectivity index is 2.26. The fourth-order valence-electron chi connectivity index (χ4n) is 2.38. The SMILES string of the molecule is CCC1CCCCC(C)CCC1. The zero-order chi connectivity index (χ0) is 8.81. The first-order valence-electron chi connectivity index (χ1n) is 5.83. The second-order valence-electron chi connectivity index (χ2n) is 4.59. The Bertz CT molecular complexity index is 107. The third-order valence-electron chi connectivity index (χ3n) is 3.45. The van der Waals surface area contributed by atoms with Gasteiger partial charge in [-0.1, -0.05) is 65.2 Å². The number of hydrogen-bond acceptors (Lipinski definition) is 0. The van der Waals surface area contributed by atoms with Crippen molar-refractivity contribution >= 4 is 0 Å². The van der Waals surface area contributed by atoms with Crippen LogP contribution in [-0.4, -0.2) is 0 Å². The van der Waals surface area contributed by atoms with Crippen molar-refractivity contribution in [3.63, 3.8) is 0 Å². The molecule has 12 heavy (non-hydrogen) atoms. The molecule has 1 aliphatic rings. The summed E-state index contributed by atoms with van der Waals surface area (Å²) < 4.78 is 0. The van der Waals surface area contributed by atoms with Gasteiger partial charge in [-0.25, -0.2) is 0 Å². The van der Waals surface area contributed by atoms with Crippen molar-refractivity contribution in [2.24, 2.45) is 11.8 Å². The molecule has 0 aromatic carbocycles. The van der Waals surface area contributed by atoms with Crippen LogP contribution in [0.5, 0.6) is 0 Å². The monoisotopic (exact) mass is 168 g/mol. The molecular formula is C12H24. The van der Waals surface area contributed by atoms with Gasteiger partial charge in [-0.2, -0.15) is 0 Å². The van der Waals surface area contributed by atoms with Gasteiger partial charge in [-0.05, 0) is 11.8 Å². The van der Waals surface area contributed by atoms with Gasteiger partial charge in [0.15, 0.2) is 0 Å². The first-order valence-corrected chi connectivity index (χ1v) is 5.83. The Hall–Kier alpha value is 0. The summed E-state index contributed by atoms with van der Waals surface area (Å²) in [5.74, 6) is 2.05. The fourth-order valence-corrected chi connectivity index (χ4v) is 2.38. The lowest BCUT2D eigenvalue weighted by atomic mass is 9.94. The van der Waals surface area contributed by atoms with Crippen LogP contribution >= 0.6 is 0 Å². The highest BCUT2D eigenvalue weighted by Gasteiger charge is 2.10. The van der Waals surface area contributed by atoms with Crippen LogP contribution in [0, 0.1) is 11.8 Å². The van der Waals surface area contributed by atoms with Crippen LogP contribution in [0.4, 0.5) is 0 Å². The van der Waals surface area contributed by atoms with Crippen LogP contribution < -0.4 is 0 Å². The molecule has 1 fully saturated rings. The lowest BCUT2D eigenvalue weighted by molar-refractivity contribution is 0.410. The Kier molecular flexibility index (Phi) is 4.72. The Morgan fingerprint density at radius 2 is 1.50 bits per heavy atom. The van der Waals surface area contributed by atoms with Gasteiger partial charge < -0.3 is 0 Å². The van der Waals surface area contributed by atoms with Crippen LogP contribution in [0.1, 0.15) is 65.2 Å². The molecule has 0 aromatic heterocycles. The highest BCUT2D eigenvalue weighted by Crippen LogP contribution is 2.26. The molecule has 2 unspecified atom stereocenters. The van der Waals surface area contributed by atoms with Crippen molar-refractivity contribution in [3.05, 3.63) is 0 Å². The third kappa shape index (κ3) is 3.60. The molecule has 0 heteroatoms. The van der Waals surface area contributed by atoms with Crippen LogP contribution in [0.3, 0.4) is 0 Å². The lowest BCUT2D eigenvalue weighted by Gasteiger charge is -2.12. The maximum absolute atomic E-state index is 2.42. The molecular weight excluding hydrogens is 144 g/mol. The van der Waals surface area contributed by atoms with Gasteiger partial charge >= 0.3 is 0 Å². The Morgan fingerprint density at radius 3 is 2.25 bits per heavy atom. The molecule has 0 radical (unpaired) electrons. The molecule has 1 rings (SSSR count). The van der Waals surface area contributed by atoms with Crippen molar-refractivity contribution in [3.8, 4) is 0 Å². The molecule has 72 valence electrons. The molecule has 1 aliphatic carbocycles. The zero-order valence-corrected chi connectivity index (χ0v) is 8.81. The summed E-state index contributed by atoms with van der Waals surface area (Å²) in [4.78, 5) is 0. The van der Waals surface area contributed by atoms with E-state index in [4.69, 9.17) is 0 Å². The van der Waals surface area contributed by atoms with E-state index in [1.807, 2.05) is 0 Å². The van der Waals surface area contributed by atoms with Gasteiger partial charge in [0.05, 0.1) is 0 Å². The van der Waals surface area contributed by atoms with E-state index in [1.54, 1.807) is 0 Å². The van der Waals surface area contributed by atoms with Crippen molar-refractivity contribution < 1.29 is 0 Å². The van der Waals surface area contributed by atoms with Gasteiger partial charge in [0.1, 0.15) is 0 Å². The topological polar surface area (TPSA) is 0 Å². The molecule has 0 heterocycles. The average Bonchev–Trinajstić information content (AvgIpc) is 2.17. The minimum absolute atomic E-state index is 1.00. The van der Waals surface area contributed by atoms with E-state index in [9.17, 15) is 0 Å². The summed E-state index contributed by atoms with van der Waals surface area (Å²) in [6.45, 7) is 4.78. The number of rotatable bonds is 1. The standard InChI is InChI=1S/C12H24/c1-3-12-9-5-4-7-11(2)8-6-10-12/h11-12H,3-10H2,1-2H3. The highest BCUT2D eigenvalue weighted by atomic mass is 14.2. The lowest BCUT2D eigenvalue weighted by Crippen LogP contribution is -1.97. The summed E-state index contributed by atoms with van der Waals surface area (Å²) in [7, 11) is 0. The van der Waals surface area contributed by atoms with Crippen LogP contribution in [0.15, 0.2) is 0 Å². The molecule has 0 bridgehead atoms. The van der Waals surface area contributed by atoms with Crippen LogP contribution in [-0.2, 0) is 0 Å². The highest BCUT2D eigenvalue weighted by molar-refractivity contribution is 4.64. The number of hydrogen-bond donors (Lipinski definition) is 0. The molecule has 0 amide bonds. The molecule has 0 nitrogen and oxygen atoms in total. The quantitative estimate of drug-likeness (QED) is 0.544. The van der Waals surface area contributed by atoms with E-state index in [1.165, 1.54) is 51.4 Å². The van der Waals surface area contributed by atoms with Crippen molar-refractivity contribution in [1.29, 1.82) is 0 Å². The second-order valence-corrected chi connectivity index (χ2v) is 4.59. The molecule has 0 saturated heterocycles. The van der Waals surface area contributed by atoms with Gasteiger partial charge in [0.2, 0.25) is 0 Å². The van der Waals surface area contributed by atoms with Gasteiger partial charge in [0.25, 0.3) is 0 Å². The Labute approximate surface area is 77.7 Å². The second kappa shape index (κ2) is 5.61. The fraction of sp³-hybridized carbons (Fsp3) is 1.00. The zero-order valence-electron chi connectivity index (χ0n) is 8.81. The van der Waals surface area contributed by atoms with E-state index in [0.717, 1.165) is 11.8 Å². The van der Waals surface area contributed by atoms with Gasteiger partial charge in [0, 0.05) is 0 Å². The molecule has 0 aliphatic heterocycles. The maximum atomic E-state index is 2.42. The summed E-state index contributed by atoms with van der Waals surface area (Å²) in [5, 5.41) is 0. The normalized spacial score (nSPS) is 33.5. The molecule has 0 aromatic rings. The summed E-state index contributed by atoms with van der Waals surface area (Å²) in [6, 6.07) is 0. The van der Waals surface area contributed by atoms with E-state index in [0.29, 0.717) is 0 Å². The predicted molar refractivity (Wildman–Crippen MR) is 55.3 cm³/mol. The largest absolute Gasteiger partial charge is 0.0651 e. The minimum atomic E-state index is 1.00. The molecule has 0 spiro atoms. The van der Waals surface area contributed by atoms with E-state index in [-0.39, 0.29) is 0 Å². The first kappa shape index (κ1) is 10.1. The Morgan fingerprint density at radius 1 is 0.917 bits per heavy atom. The minimum Gasteiger partial charge on any atom is -0.0651 e. The molecule has 1 saturated carbocycles. The van der Waals surface area contributed by atoms with E-state index in [2.05, 4.69) is 13.8 Å². The van der Waals surface area contributed by atoms with E-state index < -0.39 is 0 Å². The maximum Gasteiger partial charge on any atom is -0.0417 e. The van der Waals surface area contributed by atoms with Crippen molar-refractivity contribution in [1.82, 2.24) is 0 Å². The van der Waals surface area contributed by atoms with Gasteiger partial charge in [-0.15, -0.1) is 0 Å². The molecule has 0 N–H and O–H groups in total. The van der Waals surface area contributed by atoms with Crippen molar-refractivity contribution in [2.45, 2.75) is 65.2 Å². The molecule has 2 atom stereocenters. The van der Waals surface area contributed by atoms with Crippen molar-refractivity contribution in [2.75, 3.05) is 0 Å². The third-order valence-corrected chi connectivity index (χ3v) is 3.45. The average molecular weight is 168 g/mol. The smallest absolute Gasteiger partial charge is 0.0417 e.